The Bertz CT molecular complexity index is 432. The lowest BCUT2D eigenvalue weighted by Gasteiger charge is -2.07. The molecule has 0 amide bonds. The molecule has 0 aliphatic rings. The summed E-state index contributed by atoms with van der Waals surface area (Å²) in [5.74, 6) is 0. The Morgan fingerprint density at radius 1 is 1.40 bits per heavy atom. The van der Waals surface area contributed by atoms with Crippen LogP contribution in [0.1, 0.15) is 16.7 Å². The van der Waals surface area contributed by atoms with Gasteiger partial charge in [-0.3, -0.25) is 0 Å². The Kier molecular flexibility index (Phi) is 3.45. The summed E-state index contributed by atoms with van der Waals surface area (Å²) in [5, 5.41) is 9.88. The van der Waals surface area contributed by atoms with E-state index in [1.54, 1.807) is 23.6 Å². The van der Waals surface area contributed by atoms with E-state index >= 15 is 0 Å². The van der Waals surface area contributed by atoms with E-state index in [2.05, 4.69) is 25.9 Å². The Morgan fingerprint density at radius 2 is 2.27 bits per heavy atom. The molecule has 0 aliphatic carbocycles. The summed E-state index contributed by atoms with van der Waals surface area (Å²) in [6, 6.07) is 5.71. The van der Waals surface area contributed by atoms with Gasteiger partial charge < -0.3 is 5.11 Å². The summed E-state index contributed by atoms with van der Waals surface area (Å²) in [6.45, 7) is 0. The maximum Gasteiger partial charge on any atom is 0.115 e. The van der Waals surface area contributed by atoms with Crippen LogP contribution in [0.25, 0.3) is 0 Å². The van der Waals surface area contributed by atoms with E-state index in [4.69, 9.17) is 0 Å². The molecule has 1 atom stereocenters. The van der Waals surface area contributed by atoms with Gasteiger partial charge in [-0.15, -0.1) is 11.3 Å². The topological polar surface area (TPSA) is 46.0 Å². The van der Waals surface area contributed by atoms with Gasteiger partial charge in [-0.05, 0) is 34.1 Å². The number of rotatable bonds is 3. The molecule has 15 heavy (non-hydrogen) atoms. The van der Waals surface area contributed by atoms with Crippen molar-refractivity contribution in [1.29, 1.82) is 0 Å². The molecular formula is C10H9BrN2OS. The van der Waals surface area contributed by atoms with Crippen molar-refractivity contribution in [1.82, 2.24) is 9.97 Å². The summed E-state index contributed by atoms with van der Waals surface area (Å²) in [6.07, 6.45) is 3.12. The maximum absolute atomic E-state index is 9.88. The van der Waals surface area contributed by atoms with Crippen LogP contribution in [0.3, 0.4) is 0 Å². The summed E-state index contributed by atoms with van der Waals surface area (Å²) in [7, 11) is 0. The van der Waals surface area contributed by atoms with Crippen LogP contribution < -0.4 is 0 Å². The molecule has 2 rings (SSSR count). The fraction of sp³-hybridized carbons (Fsp3) is 0.200. The average molecular weight is 285 g/mol. The molecule has 0 bridgehead atoms. The predicted octanol–water partition coefficient (Wildman–Crippen LogP) is 2.58. The summed E-state index contributed by atoms with van der Waals surface area (Å²) < 4.78 is 1.08. The van der Waals surface area contributed by atoms with Gasteiger partial charge in [0, 0.05) is 17.5 Å². The second-order valence-corrected chi connectivity index (χ2v) is 5.61. The lowest BCUT2D eigenvalue weighted by Crippen LogP contribution is -2.02. The SMILES string of the molecule is OC(Cc1ccc(Br)s1)c1ccncn1. The van der Waals surface area contributed by atoms with E-state index in [9.17, 15) is 5.11 Å². The smallest absolute Gasteiger partial charge is 0.115 e. The van der Waals surface area contributed by atoms with E-state index in [-0.39, 0.29) is 0 Å². The zero-order chi connectivity index (χ0) is 10.7. The molecule has 2 aromatic rings. The molecule has 3 nitrogen and oxygen atoms in total. The van der Waals surface area contributed by atoms with Gasteiger partial charge in [-0.25, -0.2) is 9.97 Å². The van der Waals surface area contributed by atoms with E-state index in [0.29, 0.717) is 12.1 Å². The quantitative estimate of drug-likeness (QED) is 0.942. The molecule has 0 saturated heterocycles. The van der Waals surface area contributed by atoms with Gasteiger partial charge in [0.15, 0.2) is 0 Å². The highest BCUT2D eigenvalue weighted by Crippen LogP contribution is 2.26. The molecule has 0 fully saturated rings. The number of halogens is 1. The Labute approximate surface area is 100.0 Å². The van der Waals surface area contributed by atoms with E-state index < -0.39 is 6.10 Å². The highest BCUT2D eigenvalue weighted by Gasteiger charge is 2.10. The largest absolute Gasteiger partial charge is 0.386 e. The van der Waals surface area contributed by atoms with Crippen molar-refractivity contribution in [3.05, 3.63) is 45.1 Å². The number of nitrogens with zero attached hydrogens (tertiary/aromatic N) is 2. The van der Waals surface area contributed by atoms with Crippen LogP contribution in [-0.4, -0.2) is 15.1 Å². The Hall–Kier alpha value is -0.780. The fourth-order valence-electron chi connectivity index (χ4n) is 1.25. The van der Waals surface area contributed by atoms with Crippen molar-refractivity contribution < 1.29 is 5.11 Å². The molecule has 0 aliphatic heterocycles. The maximum atomic E-state index is 9.88. The third-order valence-electron chi connectivity index (χ3n) is 1.97. The second kappa shape index (κ2) is 4.83. The highest BCUT2D eigenvalue weighted by atomic mass is 79.9. The third-order valence-corrected chi connectivity index (χ3v) is 3.62. The molecule has 0 aromatic carbocycles. The third kappa shape index (κ3) is 2.84. The molecular weight excluding hydrogens is 276 g/mol. The van der Waals surface area contributed by atoms with Gasteiger partial charge in [-0.1, -0.05) is 0 Å². The van der Waals surface area contributed by atoms with Gasteiger partial charge in [0.05, 0.1) is 9.48 Å². The standard InChI is InChI=1S/C10H9BrN2OS/c11-10-2-1-7(15-10)5-9(14)8-3-4-12-6-13-8/h1-4,6,9,14H,5H2. The normalized spacial score (nSPS) is 12.7. The molecule has 1 unspecified atom stereocenters. The van der Waals surface area contributed by atoms with Crippen LogP contribution in [0.15, 0.2) is 34.5 Å². The minimum absolute atomic E-state index is 0.557. The van der Waals surface area contributed by atoms with Gasteiger partial charge in [-0.2, -0.15) is 0 Å². The number of hydrogen-bond acceptors (Lipinski definition) is 4. The second-order valence-electron chi connectivity index (χ2n) is 3.06. The molecule has 2 heterocycles. The number of aliphatic hydroxyl groups excluding tert-OH is 1. The van der Waals surface area contributed by atoms with Crippen molar-refractivity contribution in [3.8, 4) is 0 Å². The molecule has 0 spiro atoms. The van der Waals surface area contributed by atoms with E-state index in [0.717, 1.165) is 8.66 Å². The monoisotopic (exact) mass is 284 g/mol. The first-order valence-corrected chi connectivity index (χ1v) is 6.05. The Balaban J connectivity index is 2.07. The van der Waals surface area contributed by atoms with Crippen molar-refractivity contribution in [3.63, 3.8) is 0 Å². The minimum atomic E-state index is -0.557. The van der Waals surface area contributed by atoms with Gasteiger partial charge in [0.1, 0.15) is 12.4 Å². The summed E-state index contributed by atoms with van der Waals surface area (Å²) >= 11 is 5.01. The Morgan fingerprint density at radius 3 is 2.87 bits per heavy atom. The van der Waals surface area contributed by atoms with E-state index in [1.165, 1.54) is 6.33 Å². The van der Waals surface area contributed by atoms with Gasteiger partial charge in [0.25, 0.3) is 0 Å². The van der Waals surface area contributed by atoms with Crippen molar-refractivity contribution in [2.75, 3.05) is 0 Å². The molecule has 2 aromatic heterocycles. The highest BCUT2D eigenvalue weighted by molar-refractivity contribution is 9.11. The van der Waals surface area contributed by atoms with Crippen molar-refractivity contribution >= 4 is 27.3 Å². The van der Waals surface area contributed by atoms with Gasteiger partial charge >= 0.3 is 0 Å². The first-order chi connectivity index (χ1) is 7.25. The van der Waals surface area contributed by atoms with Crippen LogP contribution in [0, 0.1) is 0 Å². The van der Waals surface area contributed by atoms with Crippen LogP contribution in [0.4, 0.5) is 0 Å². The molecule has 5 heteroatoms. The predicted molar refractivity (Wildman–Crippen MR) is 62.7 cm³/mol. The molecule has 1 N–H and O–H groups in total. The number of aromatic nitrogens is 2. The zero-order valence-electron chi connectivity index (χ0n) is 7.80. The first-order valence-electron chi connectivity index (χ1n) is 4.44. The van der Waals surface area contributed by atoms with Crippen molar-refractivity contribution in [2.45, 2.75) is 12.5 Å². The molecule has 0 saturated carbocycles. The molecule has 0 radical (unpaired) electrons. The van der Waals surface area contributed by atoms with Crippen LogP contribution in [0.5, 0.6) is 0 Å². The van der Waals surface area contributed by atoms with Crippen LogP contribution >= 0.6 is 27.3 Å². The fourth-order valence-corrected chi connectivity index (χ4v) is 2.77. The van der Waals surface area contributed by atoms with Crippen LogP contribution in [-0.2, 0) is 6.42 Å². The number of thiophene rings is 1. The van der Waals surface area contributed by atoms with Crippen LogP contribution in [0.2, 0.25) is 0 Å². The van der Waals surface area contributed by atoms with Crippen molar-refractivity contribution in [2.24, 2.45) is 0 Å². The average Bonchev–Trinajstić information content (AvgIpc) is 2.65. The lowest BCUT2D eigenvalue weighted by molar-refractivity contribution is 0.174. The lowest BCUT2D eigenvalue weighted by atomic mass is 10.1. The number of aliphatic hydroxyl groups is 1. The zero-order valence-corrected chi connectivity index (χ0v) is 10.2. The van der Waals surface area contributed by atoms with E-state index in [1.807, 2.05) is 12.1 Å². The number of hydrogen-bond donors (Lipinski definition) is 1. The summed E-state index contributed by atoms with van der Waals surface area (Å²) in [5.41, 5.74) is 0.662. The van der Waals surface area contributed by atoms with Gasteiger partial charge in [0.2, 0.25) is 0 Å². The minimum Gasteiger partial charge on any atom is -0.386 e. The summed E-state index contributed by atoms with van der Waals surface area (Å²) in [4.78, 5) is 8.96. The molecule has 78 valence electrons. The first kappa shape index (κ1) is 10.7.